The van der Waals surface area contributed by atoms with E-state index >= 15 is 0 Å². The number of alkyl halides is 3. The SMILES string of the molecule is O=C(Cn1ncc(=O)c2ccccc21)Nc1ccc(OCC(F)(F)F)cc1. The molecule has 9 heteroatoms. The van der Waals surface area contributed by atoms with Crippen LogP contribution in [-0.4, -0.2) is 28.5 Å². The Morgan fingerprint density at radius 3 is 2.52 bits per heavy atom. The quantitative estimate of drug-likeness (QED) is 0.742. The van der Waals surface area contributed by atoms with Gasteiger partial charge >= 0.3 is 6.18 Å². The molecule has 0 bridgehead atoms. The molecule has 0 saturated heterocycles. The lowest BCUT2D eigenvalue weighted by atomic mass is 10.2. The number of para-hydroxylation sites is 1. The monoisotopic (exact) mass is 377 g/mol. The molecule has 3 aromatic rings. The van der Waals surface area contributed by atoms with E-state index in [1.807, 2.05) is 0 Å². The Labute approximate surface area is 151 Å². The Morgan fingerprint density at radius 2 is 1.81 bits per heavy atom. The number of ether oxygens (including phenoxy) is 1. The highest BCUT2D eigenvalue weighted by atomic mass is 19.4. The lowest BCUT2D eigenvalue weighted by Gasteiger charge is -2.11. The molecule has 1 amide bonds. The molecule has 0 aliphatic heterocycles. The maximum atomic E-state index is 12.2. The molecule has 1 aromatic heterocycles. The van der Waals surface area contributed by atoms with Gasteiger partial charge in [0.05, 0.1) is 11.7 Å². The van der Waals surface area contributed by atoms with E-state index in [9.17, 15) is 22.8 Å². The van der Waals surface area contributed by atoms with E-state index in [0.29, 0.717) is 16.6 Å². The van der Waals surface area contributed by atoms with E-state index < -0.39 is 18.7 Å². The maximum Gasteiger partial charge on any atom is 0.422 e. The Balaban J connectivity index is 1.66. The standard InChI is InChI=1S/C18H14F3N3O3/c19-18(20,21)11-27-13-7-5-12(6-8-13)23-17(26)10-24-15-4-2-1-3-14(15)16(25)9-22-24/h1-9H,10-11H2,(H,23,26). The second-order valence-corrected chi connectivity index (χ2v) is 5.66. The summed E-state index contributed by atoms with van der Waals surface area (Å²) in [6, 6.07) is 12.3. The van der Waals surface area contributed by atoms with Crippen molar-refractivity contribution in [2.24, 2.45) is 0 Å². The molecule has 0 radical (unpaired) electrons. The van der Waals surface area contributed by atoms with Crippen LogP contribution in [0.5, 0.6) is 5.75 Å². The normalized spacial score (nSPS) is 11.4. The number of nitrogens with one attached hydrogen (secondary N) is 1. The average molecular weight is 377 g/mol. The molecule has 0 spiro atoms. The summed E-state index contributed by atoms with van der Waals surface area (Å²) in [5, 5.41) is 7.03. The smallest absolute Gasteiger partial charge is 0.422 e. The van der Waals surface area contributed by atoms with Gasteiger partial charge in [-0.15, -0.1) is 0 Å². The van der Waals surface area contributed by atoms with E-state index in [0.717, 1.165) is 6.20 Å². The second-order valence-electron chi connectivity index (χ2n) is 5.66. The second kappa shape index (κ2) is 7.48. The molecule has 0 fully saturated rings. The molecular formula is C18H14F3N3O3. The molecule has 140 valence electrons. The summed E-state index contributed by atoms with van der Waals surface area (Å²) < 4.78 is 42.4. The van der Waals surface area contributed by atoms with Crippen molar-refractivity contribution in [3.63, 3.8) is 0 Å². The van der Waals surface area contributed by atoms with E-state index in [2.05, 4.69) is 15.2 Å². The third kappa shape index (κ3) is 4.84. The largest absolute Gasteiger partial charge is 0.484 e. The molecule has 3 rings (SSSR count). The van der Waals surface area contributed by atoms with Gasteiger partial charge in [0.2, 0.25) is 11.3 Å². The summed E-state index contributed by atoms with van der Waals surface area (Å²) in [5.74, 6) is -0.362. The van der Waals surface area contributed by atoms with Gasteiger partial charge in [0.15, 0.2) is 6.61 Å². The lowest BCUT2D eigenvalue weighted by molar-refractivity contribution is -0.153. The predicted molar refractivity (Wildman–Crippen MR) is 92.6 cm³/mol. The van der Waals surface area contributed by atoms with Crippen molar-refractivity contribution in [3.8, 4) is 5.75 Å². The fourth-order valence-corrected chi connectivity index (χ4v) is 2.42. The van der Waals surface area contributed by atoms with Gasteiger partial charge in [-0.05, 0) is 36.4 Å². The molecule has 1 heterocycles. The van der Waals surface area contributed by atoms with Gasteiger partial charge in [-0.25, -0.2) is 0 Å². The van der Waals surface area contributed by atoms with E-state index in [1.165, 1.54) is 28.9 Å². The summed E-state index contributed by atoms with van der Waals surface area (Å²) >= 11 is 0. The van der Waals surface area contributed by atoms with Crippen molar-refractivity contribution in [3.05, 3.63) is 65.0 Å². The number of fused-ring (bicyclic) bond motifs is 1. The molecular weight excluding hydrogens is 363 g/mol. The number of amides is 1. The van der Waals surface area contributed by atoms with Gasteiger partial charge in [-0.1, -0.05) is 12.1 Å². The minimum atomic E-state index is -4.42. The summed E-state index contributed by atoms with van der Waals surface area (Å²) in [6.07, 6.45) is -3.28. The number of aromatic nitrogens is 2. The molecule has 2 aromatic carbocycles. The maximum absolute atomic E-state index is 12.2. The highest BCUT2D eigenvalue weighted by molar-refractivity contribution is 5.91. The van der Waals surface area contributed by atoms with Crippen LogP contribution in [0.2, 0.25) is 0 Å². The fraction of sp³-hybridized carbons (Fsp3) is 0.167. The topological polar surface area (TPSA) is 73.2 Å². The minimum Gasteiger partial charge on any atom is -0.484 e. The van der Waals surface area contributed by atoms with E-state index in [1.54, 1.807) is 24.3 Å². The molecule has 0 unspecified atom stereocenters. The van der Waals surface area contributed by atoms with Crippen molar-refractivity contribution in [2.75, 3.05) is 11.9 Å². The summed E-state index contributed by atoms with van der Waals surface area (Å²) in [4.78, 5) is 24.0. The third-order valence-electron chi connectivity index (χ3n) is 3.60. The highest BCUT2D eigenvalue weighted by Crippen LogP contribution is 2.20. The van der Waals surface area contributed by atoms with Gasteiger partial charge < -0.3 is 10.1 Å². The molecule has 0 aliphatic carbocycles. The number of hydrogen-bond donors (Lipinski definition) is 1. The molecule has 0 aliphatic rings. The Hall–Kier alpha value is -3.36. The van der Waals surface area contributed by atoms with Gasteiger partial charge in [0.1, 0.15) is 12.3 Å². The number of benzene rings is 2. The van der Waals surface area contributed by atoms with Crippen molar-refractivity contribution in [1.82, 2.24) is 9.78 Å². The Bertz CT molecular complexity index is 1010. The summed E-state index contributed by atoms with van der Waals surface area (Å²) in [7, 11) is 0. The van der Waals surface area contributed by atoms with Crippen LogP contribution in [0.15, 0.2) is 59.5 Å². The number of carbonyl (C=O) groups is 1. The van der Waals surface area contributed by atoms with Crippen LogP contribution in [0.3, 0.4) is 0 Å². The van der Waals surface area contributed by atoms with Gasteiger partial charge in [-0.3, -0.25) is 14.3 Å². The molecule has 0 saturated carbocycles. The first-order valence-electron chi connectivity index (χ1n) is 7.86. The first-order valence-corrected chi connectivity index (χ1v) is 7.86. The zero-order valence-electron chi connectivity index (χ0n) is 13.9. The number of hydrogen-bond acceptors (Lipinski definition) is 4. The van der Waals surface area contributed by atoms with Crippen LogP contribution in [0.4, 0.5) is 18.9 Å². The molecule has 27 heavy (non-hydrogen) atoms. The Morgan fingerprint density at radius 1 is 1.11 bits per heavy atom. The predicted octanol–water partition coefficient (Wildman–Crippen LogP) is 2.98. The first kappa shape index (κ1) is 18.4. The Kier molecular flexibility index (Phi) is 5.11. The number of halogens is 3. The first-order chi connectivity index (χ1) is 12.8. The average Bonchev–Trinajstić information content (AvgIpc) is 2.63. The van der Waals surface area contributed by atoms with Crippen LogP contribution < -0.4 is 15.5 Å². The van der Waals surface area contributed by atoms with E-state index in [-0.39, 0.29) is 17.7 Å². The number of rotatable bonds is 5. The summed E-state index contributed by atoms with van der Waals surface area (Å²) in [5.41, 5.74) is 0.678. The van der Waals surface area contributed by atoms with Crippen molar-refractivity contribution < 1.29 is 22.7 Å². The highest BCUT2D eigenvalue weighted by Gasteiger charge is 2.28. The van der Waals surface area contributed by atoms with Gasteiger partial charge in [-0.2, -0.15) is 18.3 Å². The van der Waals surface area contributed by atoms with E-state index in [4.69, 9.17) is 0 Å². The van der Waals surface area contributed by atoms with Crippen molar-refractivity contribution in [1.29, 1.82) is 0 Å². The number of carbonyl (C=O) groups excluding carboxylic acids is 1. The third-order valence-corrected chi connectivity index (χ3v) is 3.60. The van der Waals surface area contributed by atoms with Gasteiger partial charge in [0.25, 0.3) is 0 Å². The van der Waals surface area contributed by atoms with Gasteiger partial charge in [0, 0.05) is 11.1 Å². The zero-order valence-corrected chi connectivity index (χ0v) is 13.9. The van der Waals surface area contributed by atoms with Crippen LogP contribution in [0, 0.1) is 0 Å². The van der Waals surface area contributed by atoms with Crippen LogP contribution in [0.25, 0.3) is 10.9 Å². The van der Waals surface area contributed by atoms with Crippen molar-refractivity contribution in [2.45, 2.75) is 12.7 Å². The van der Waals surface area contributed by atoms with Crippen LogP contribution >= 0.6 is 0 Å². The number of anilines is 1. The van der Waals surface area contributed by atoms with Crippen LogP contribution in [0.1, 0.15) is 0 Å². The minimum absolute atomic E-state index is 0.0402. The molecule has 1 N–H and O–H groups in total. The summed E-state index contributed by atoms with van der Waals surface area (Å²) in [6.45, 7) is -1.52. The molecule has 0 atom stereocenters. The lowest BCUT2D eigenvalue weighted by Crippen LogP contribution is -2.22. The molecule has 6 nitrogen and oxygen atoms in total. The van der Waals surface area contributed by atoms with Crippen molar-refractivity contribution >= 4 is 22.5 Å². The number of nitrogens with zero attached hydrogens (tertiary/aromatic N) is 2. The zero-order chi connectivity index (χ0) is 19.4. The fourth-order valence-electron chi connectivity index (χ4n) is 2.42. The van der Waals surface area contributed by atoms with Crippen LogP contribution in [-0.2, 0) is 11.3 Å².